The summed E-state index contributed by atoms with van der Waals surface area (Å²) in [6.07, 6.45) is 6.50. The van der Waals surface area contributed by atoms with Crippen LogP contribution in [0.2, 0.25) is 39.3 Å². The molecule has 3 aromatic carbocycles. The zero-order chi connectivity index (χ0) is 34.3. The van der Waals surface area contributed by atoms with Crippen LogP contribution in [0.25, 0.3) is 45.3 Å². The molecule has 0 aliphatic rings. The standard InChI is InChI=1S/C44H50O2Si2/c1-9-11-13-39-31-41(35-19-15-33(16-20-35)27-29-47(3,4)5)45-43(39)37-23-25-38(26-24-37)44-40(14-12-10-2)32-42(46-44)36-21-17-34(18-22-36)28-30-48(6,7)8/h15-26,31-32H,9-14H2,1-8H3. The zero-order valence-corrected chi connectivity index (χ0v) is 32.1. The molecule has 246 valence electrons. The van der Waals surface area contributed by atoms with Crippen molar-refractivity contribution in [3.05, 3.63) is 107 Å². The Morgan fingerprint density at radius 3 is 1.12 bits per heavy atom. The highest BCUT2D eigenvalue weighted by molar-refractivity contribution is 6.84. The van der Waals surface area contributed by atoms with E-state index in [1.54, 1.807) is 0 Å². The summed E-state index contributed by atoms with van der Waals surface area (Å²) in [5.74, 6) is 10.4. The van der Waals surface area contributed by atoms with Crippen LogP contribution in [0.5, 0.6) is 0 Å². The van der Waals surface area contributed by atoms with Gasteiger partial charge in [0, 0.05) is 33.4 Å². The van der Waals surface area contributed by atoms with Gasteiger partial charge in [0.1, 0.15) is 39.2 Å². The molecule has 2 nitrogen and oxygen atoms in total. The summed E-state index contributed by atoms with van der Waals surface area (Å²) in [6.45, 7) is 18.1. The highest BCUT2D eigenvalue weighted by Gasteiger charge is 2.18. The molecule has 0 atom stereocenters. The molecule has 0 aliphatic carbocycles. The Bertz CT molecular complexity index is 1790. The van der Waals surface area contributed by atoms with E-state index in [1.807, 2.05) is 0 Å². The Kier molecular flexibility index (Phi) is 11.2. The molecular weight excluding hydrogens is 617 g/mol. The third-order valence-electron chi connectivity index (χ3n) is 8.13. The zero-order valence-electron chi connectivity index (χ0n) is 30.1. The second kappa shape index (κ2) is 15.3. The minimum absolute atomic E-state index is 0.903. The average Bonchev–Trinajstić information content (AvgIpc) is 3.69. The van der Waals surface area contributed by atoms with Crippen LogP contribution in [0.3, 0.4) is 0 Å². The van der Waals surface area contributed by atoms with Crippen LogP contribution in [-0.2, 0) is 12.8 Å². The van der Waals surface area contributed by atoms with Gasteiger partial charge >= 0.3 is 0 Å². The largest absolute Gasteiger partial charge is 0.456 e. The lowest BCUT2D eigenvalue weighted by atomic mass is 10.00. The third kappa shape index (κ3) is 9.44. The molecule has 2 heterocycles. The van der Waals surface area contributed by atoms with Gasteiger partial charge in [-0.2, -0.15) is 0 Å². The average molecular weight is 667 g/mol. The summed E-state index contributed by atoms with van der Waals surface area (Å²) in [7, 11) is -2.84. The summed E-state index contributed by atoms with van der Waals surface area (Å²) in [4.78, 5) is 0. The van der Waals surface area contributed by atoms with Crippen LogP contribution in [0.4, 0.5) is 0 Å². The molecule has 0 unspecified atom stereocenters. The third-order valence-corrected chi connectivity index (χ3v) is 9.88. The SMILES string of the molecule is CCCCc1cc(-c2ccc(C#C[Si](C)(C)C)cc2)oc1-c1ccc(-c2oc(-c3ccc(C#C[Si](C)(C)C)cc3)cc2CCCC)cc1. The molecule has 0 saturated heterocycles. The molecule has 0 N–H and O–H groups in total. The van der Waals surface area contributed by atoms with Crippen LogP contribution in [0.1, 0.15) is 61.8 Å². The molecule has 5 aromatic rings. The van der Waals surface area contributed by atoms with Crippen LogP contribution < -0.4 is 0 Å². The van der Waals surface area contributed by atoms with Crippen LogP contribution in [0.15, 0.2) is 93.8 Å². The van der Waals surface area contributed by atoms with Gasteiger partial charge in [0.05, 0.1) is 0 Å². The lowest BCUT2D eigenvalue weighted by Crippen LogP contribution is -2.16. The molecule has 0 aliphatic heterocycles. The van der Waals surface area contributed by atoms with E-state index >= 15 is 0 Å². The fourth-order valence-electron chi connectivity index (χ4n) is 5.46. The summed E-state index contributed by atoms with van der Waals surface area (Å²) < 4.78 is 13.2. The second-order valence-electron chi connectivity index (χ2n) is 14.9. The van der Waals surface area contributed by atoms with E-state index in [-0.39, 0.29) is 0 Å². The Morgan fingerprint density at radius 1 is 0.479 bits per heavy atom. The van der Waals surface area contributed by atoms with E-state index in [2.05, 4.69) is 161 Å². The van der Waals surface area contributed by atoms with Gasteiger partial charge in [-0.25, -0.2) is 0 Å². The quantitative estimate of drug-likeness (QED) is 0.110. The topological polar surface area (TPSA) is 26.3 Å². The lowest BCUT2D eigenvalue weighted by molar-refractivity contribution is 0.591. The predicted molar refractivity (Wildman–Crippen MR) is 210 cm³/mol. The Morgan fingerprint density at radius 2 is 0.812 bits per heavy atom. The van der Waals surface area contributed by atoms with Crippen molar-refractivity contribution in [1.29, 1.82) is 0 Å². The number of aryl methyl sites for hydroxylation is 2. The molecule has 0 bridgehead atoms. The van der Waals surface area contributed by atoms with Crippen molar-refractivity contribution in [3.8, 4) is 68.2 Å². The van der Waals surface area contributed by atoms with Gasteiger partial charge in [-0.3, -0.25) is 0 Å². The minimum atomic E-state index is -1.42. The van der Waals surface area contributed by atoms with Crippen molar-refractivity contribution >= 4 is 16.1 Å². The highest BCUT2D eigenvalue weighted by atomic mass is 28.3. The van der Waals surface area contributed by atoms with Crippen LogP contribution >= 0.6 is 0 Å². The van der Waals surface area contributed by atoms with Gasteiger partial charge in [0.2, 0.25) is 0 Å². The van der Waals surface area contributed by atoms with Crippen molar-refractivity contribution < 1.29 is 8.83 Å². The maximum absolute atomic E-state index is 6.61. The van der Waals surface area contributed by atoms with E-state index < -0.39 is 16.1 Å². The predicted octanol–water partition coefficient (Wildman–Crippen LogP) is 12.7. The Labute approximate surface area is 291 Å². The van der Waals surface area contributed by atoms with Crippen molar-refractivity contribution in [2.75, 3.05) is 0 Å². The van der Waals surface area contributed by atoms with Crippen LogP contribution in [0, 0.1) is 22.9 Å². The number of benzene rings is 3. The summed E-state index contributed by atoms with van der Waals surface area (Å²) in [6, 6.07) is 30.1. The normalized spacial score (nSPS) is 11.5. The number of furan rings is 2. The number of rotatable bonds is 10. The highest BCUT2D eigenvalue weighted by Crippen LogP contribution is 2.37. The fraction of sp³-hybridized carbons (Fsp3) is 0.318. The first-order valence-corrected chi connectivity index (χ1v) is 24.6. The van der Waals surface area contributed by atoms with Crippen molar-refractivity contribution in [2.45, 2.75) is 91.7 Å². The van der Waals surface area contributed by atoms with Gasteiger partial charge in [-0.15, -0.1) is 11.1 Å². The molecular formula is C44H50O2Si2. The van der Waals surface area contributed by atoms with E-state index in [1.165, 1.54) is 11.1 Å². The summed E-state index contributed by atoms with van der Waals surface area (Å²) in [5, 5.41) is 0. The molecule has 0 radical (unpaired) electrons. The number of unbranched alkanes of at least 4 members (excludes halogenated alkanes) is 2. The molecule has 0 saturated carbocycles. The smallest absolute Gasteiger partial charge is 0.137 e. The summed E-state index contributed by atoms with van der Waals surface area (Å²) in [5.41, 5.74) is 15.9. The summed E-state index contributed by atoms with van der Waals surface area (Å²) >= 11 is 0. The second-order valence-corrected chi connectivity index (χ2v) is 24.4. The molecule has 5 rings (SSSR count). The van der Waals surface area contributed by atoms with Gasteiger partial charge in [0.25, 0.3) is 0 Å². The molecule has 48 heavy (non-hydrogen) atoms. The van der Waals surface area contributed by atoms with Crippen molar-refractivity contribution in [1.82, 2.24) is 0 Å². The molecule has 0 spiro atoms. The minimum Gasteiger partial charge on any atom is -0.456 e. The van der Waals surface area contributed by atoms with Crippen molar-refractivity contribution in [2.24, 2.45) is 0 Å². The molecule has 4 heteroatoms. The lowest BCUT2D eigenvalue weighted by Gasteiger charge is -2.06. The molecule has 0 amide bonds. The first kappa shape index (κ1) is 35.1. The fourth-order valence-corrected chi connectivity index (χ4v) is 6.50. The number of hydrogen-bond donors (Lipinski definition) is 0. The van der Waals surface area contributed by atoms with Crippen LogP contribution in [-0.4, -0.2) is 16.1 Å². The van der Waals surface area contributed by atoms with E-state index in [0.29, 0.717) is 0 Å². The van der Waals surface area contributed by atoms with Gasteiger partial charge in [-0.1, -0.05) is 126 Å². The maximum Gasteiger partial charge on any atom is 0.137 e. The number of hydrogen-bond acceptors (Lipinski definition) is 2. The van der Waals surface area contributed by atoms with E-state index in [0.717, 1.165) is 94.9 Å². The van der Waals surface area contributed by atoms with Gasteiger partial charge in [0.15, 0.2) is 0 Å². The van der Waals surface area contributed by atoms with Crippen molar-refractivity contribution in [3.63, 3.8) is 0 Å². The first-order chi connectivity index (χ1) is 22.9. The van der Waals surface area contributed by atoms with Gasteiger partial charge < -0.3 is 8.83 Å². The van der Waals surface area contributed by atoms with E-state index in [4.69, 9.17) is 8.83 Å². The van der Waals surface area contributed by atoms with Gasteiger partial charge in [-0.05, 0) is 73.2 Å². The Hall–Kier alpha value is -4.23. The molecule has 2 aromatic heterocycles. The first-order valence-electron chi connectivity index (χ1n) is 17.6. The molecule has 0 fully saturated rings. The Balaban J connectivity index is 1.43. The maximum atomic E-state index is 6.61. The van der Waals surface area contributed by atoms with E-state index in [9.17, 15) is 0 Å². The monoisotopic (exact) mass is 666 g/mol.